The van der Waals surface area contributed by atoms with Gasteiger partial charge < -0.3 is 19.0 Å². The quantitative estimate of drug-likeness (QED) is 0.518. The molecule has 1 aromatic heterocycles. The molecule has 6 heteroatoms. The minimum absolute atomic E-state index is 0.128. The molecule has 21 heavy (non-hydrogen) atoms. The van der Waals surface area contributed by atoms with Gasteiger partial charge in [-0.3, -0.25) is 4.79 Å². The lowest BCUT2D eigenvalue weighted by atomic mass is 10.2. The molecule has 1 aromatic carbocycles. The molecule has 0 atom stereocenters. The first-order chi connectivity index (χ1) is 10.1. The largest absolute Gasteiger partial charge is 0.504 e. The van der Waals surface area contributed by atoms with Crippen LogP contribution in [0.3, 0.4) is 0 Å². The lowest BCUT2D eigenvalue weighted by Crippen LogP contribution is -2.08. The fraction of sp³-hybridized carbons (Fsp3) is 0.333. The molecule has 0 saturated carbocycles. The van der Waals surface area contributed by atoms with Crippen LogP contribution in [-0.2, 0) is 4.79 Å². The van der Waals surface area contributed by atoms with E-state index in [1.165, 1.54) is 18.2 Å². The maximum Gasteiger partial charge on any atom is 0.383 e. The summed E-state index contributed by atoms with van der Waals surface area (Å²) in [5.41, 5.74) is -0.643. The molecule has 0 radical (unpaired) electrons. The molecule has 0 bridgehead atoms. The van der Waals surface area contributed by atoms with E-state index >= 15 is 0 Å². The number of ether oxygens (including phenoxy) is 2. The van der Waals surface area contributed by atoms with E-state index in [0.717, 1.165) is 0 Å². The summed E-state index contributed by atoms with van der Waals surface area (Å²) in [6.45, 7) is 3.86. The monoisotopic (exact) mass is 292 g/mol. The van der Waals surface area contributed by atoms with Crippen molar-refractivity contribution in [3.8, 4) is 17.2 Å². The molecule has 1 heterocycles. The molecule has 0 spiro atoms. The van der Waals surface area contributed by atoms with Crippen molar-refractivity contribution in [3.05, 3.63) is 28.6 Å². The summed E-state index contributed by atoms with van der Waals surface area (Å²) >= 11 is 0. The SMILES string of the molecule is CCCOc1c(O)c2ccc(OC(=O)CC)cc2oc1=O. The zero-order valence-corrected chi connectivity index (χ0v) is 11.8. The molecule has 0 aliphatic heterocycles. The Labute approximate surface area is 120 Å². The van der Waals surface area contributed by atoms with Crippen molar-refractivity contribution in [1.29, 1.82) is 0 Å². The Bertz CT molecular complexity index is 716. The molecular weight excluding hydrogens is 276 g/mol. The van der Waals surface area contributed by atoms with E-state index in [9.17, 15) is 14.7 Å². The van der Waals surface area contributed by atoms with E-state index in [1.807, 2.05) is 6.92 Å². The molecule has 1 N–H and O–H groups in total. The Balaban J connectivity index is 2.46. The van der Waals surface area contributed by atoms with Gasteiger partial charge in [-0.2, -0.15) is 0 Å². The Hall–Kier alpha value is -2.50. The molecular formula is C15H16O6. The average molecular weight is 292 g/mol. The van der Waals surface area contributed by atoms with Crippen LogP contribution in [0.2, 0.25) is 0 Å². The number of aromatic hydroxyl groups is 1. The summed E-state index contributed by atoms with van der Waals surface area (Å²) in [5.74, 6) is -0.631. The predicted octanol–water partition coefficient (Wildman–Crippen LogP) is 2.60. The highest BCUT2D eigenvalue weighted by atomic mass is 16.5. The number of fused-ring (bicyclic) bond motifs is 1. The van der Waals surface area contributed by atoms with Gasteiger partial charge in [-0.25, -0.2) is 4.79 Å². The van der Waals surface area contributed by atoms with Gasteiger partial charge in [-0.05, 0) is 18.6 Å². The second-order valence-corrected chi connectivity index (χ2v) is 4.40. The number of esters is 1. The molecule has 112 valence electrons. The Kier molecular flexibility index (Phi) is 4.47. The van der Waals surface area contributed by atoms with Gasteiger partial charge >= 0.3 is 11.6 Å². The van der Waals surface area contributed by atoms with Crippen LogP contribution >= 0.6 is 0 Å². The van der Waals surface area contributed by atoms with Crippen LogP contribution in [0.5, 0.6) is 17.2 Å². The summed E-state index contributed by atoms with van der Waals surface area (Å²) < 4.78 is 15.3. The van der Waals surface area contributed by atoms with Crippen LogP contribution < -0.4 is 15.1 Å². The van der Waals surface area contributed by atoms with E-state index in [2.05, 4.69) is 0 Å². The third-order valence-corrected chi connectivity index (χ3v) is 2.78. The van der Waals surface area contributed by atoms with Gasteiger partial charge in [0.1, 0.15) is 11.3 Å². The normalized spacial score (nSPS) is 10.6. The van der Waals surface area contributed by atoms with E-state index in [1.54, 1.807) is 6.92 Å². The maximum absolute atomic E-state index is 11.8. The summed E-state index contributed by atoms with van der Waals surface area (Å²) in [5, 5.41) is 10.4. The van der Waals surface area contributed by atoms with Gasteiger partial charge in [0.2, 0.25) is 5.75 Å². The van der Waals surface area contributed by atoms with E-state index in [4.69, 9.17) is 13.9 Å². The van der Waals surface area contributed by atoms with Gasteiger partial charge in [-0.1, -0.05) is 13.8 Å². The second-order valence-electron chi connectivity index (χ2n) is 4.40. The summed E-state index contributed by atoms with van der Waals surface area (Å²) in [6, 6.07) is 4.40. The molecule has 0 unspecified atom stereocenters. The van der Waals surface area contributed by atoms with Crippen molar-refractivity contribution in [1.82, 2.24) is 0 Å². The lowest BCUT2D eigenvalue weighted by molar-refractivity contribution is -0.134. The third kappa shape index (κ3) is 3.16. The standard InChI is InChI=1S/C15H16O6/c1-3-7-19-14-13(17)10-6-5-9(20-12(16)4-2)8-11(10)21-15(14)18/h5-6,8,17H,3-4,7H2,1-2H3. The molecule has 0 saturated heterocycles. The highest BCUT2D eigenvalue weighted by Crippen LogP contribution is 2.33. The molecule has 0 fully saturated rings. The van der Waals surface area contributed by atoms with Crippen LogP contribution in [0.15, 0.2) is 27.4 Å². The summed E-state index contributed by atoms with van der Waals surface area (Å²) in [4.78, 5) is 23.0. The van der Waals surface area contributed by atoms with Crippen molar-refractivity contribution in [2.75, 3.05) is 6.61 Å². The average Bonchev–Trinajstić information content (AvgIpc) is 2.46. The van der Waals surface area contributed by atoms with Crippen molar-refractivity contribution in [2.24, 2.45) is 0 Å². The number of hydrogen-bond donors (Lipinski definition) is 1. The molecule has 0 amide bonds. The van der Waals surface area contributed by atoms with E-state index in [0.29, 0.717) is 18.4 Å². The van der Waals surface area contributed by atoms with Gasteiger partial charge in [0.15, 0.2) is 5.75 Å². The first-order valence-electron chi connectivity index (χ1n) is 6.70. The molecule has 0 aliphatic rings. The summed E-state index contributed by atoms with van der Waals surface area (Å²) in [6.07, 6.45) is 0.930. The molecule has 6 nitrogen and oxygen atoms in total. The van der Waals surface area contributed by atoms with Crippen molar-refractivity contribution < 1.29 is 23.8 Å². The van der Waals surface area contributed by atoms with Gasteiger partial charge in [0.05, 0.1) is 12.0 Å². The van der Waals surface area contributed by atoms with Crippen LogP contribution in [-0.4, -0.2) is 17.7 Å². The minimum Gasteiger partial charge on any atom is -0.504 e. The molecule has 0 aliphatic carbocycles. The minimum atomic E-state index is -0.771. The summed E-state index contributed by atoms with van der Waals surface area (Å²) in [7, 11) is 0. The van der Waals surface area contributed by atoms with E-state index in [-0.39, 0.29) is 29.3 Å². The lowest BCUT2D eigenvalue weighted by Gasteiger charge is -2.08. The van der Waals surface area contributed by atoms with Crippen molar-refractivity contribution in [2.45, 2.75) is 26.7 Å². The number of hydrogen-bond acceptors (Lipinski definition) is 6. The zero-order valence-electron chi connectivity index (χ0n) is 11.8. The predicted molar refractivity (Wildman–Crippen MR) is 75.9 cm³/mol. The highest BCUT2D eigenvalue weighted by molar-refractivity contribution is 5.86. The number of carbonyl (C=O) groups excluding carboxylic acids is 1. The number of benzene rings is 1. The van der Waals surface area contributed by atoms with Crippen LogP contribution in [0.4, 0.5) is 0 Å². The molecule has 2 rings (SSSR count). The Morgan fingerprint density at radius 1 is 1.33 bits per heavy atom. The van der Waals surface area contributed by atoms with Gasteiger partial charge in [0, 0.05) is 12.5 Å². The molecule has 2 aromatic rings. The number of carbonyl (C=O) groups is 1. The second kappa shape index (κ2) is 6.30. The van der Waals surface area contributed by atoms with Crippen LogP contribution in [0, 0.1) is 0 Å². The first kappa shape index (κ1) is 14.9. The fourth-order valence-electron chi connectivity index (χ4n) is 1.75. The van der Waals surface area contributed by atoms with Crippen molar-refractivity contribution in [3.63, 3.8) is 0 Å². The van der Waals surface area contributed by atoms with Gasteiger partial charge in [0.25, 0.3) is 0 Å². The first-order valence-corrected chi connectivity index (χ1v) is 6.70. The number of rotatable bonds is 5. The van der Waals surface area contributed by atoms with Crippen molar-refractivity contribution >= 4 is 16.9 Å². The third-order valence-electron chi connectivity index (χ3n) is 2.78. The fourth-order valence-corrected chi connectivity index (χ4v) is 1.75. The smallest absolute Gasteiger partial charge is 0.383 e. The van der Waals surface area contributed by atoms with Gasteiger partial charge in [-0.15, -0.1) is 0 Å². The maximum atomic E-state index is 11.8. The zero-order chi connectivity index (χ0) is 15.4. The Morgan fingerprint density at radius 3 is 2.76 bits per heavy atom. The highest BCUT2D eigenvalue weighted by Gasteiger charge is 2.16. The van der Waals surface area contributed by atoms with E-state index < -0.39 is 11.6 Å². The topological polar surface area (TPSA) is 86.0 Å². The Morgan fingerprint density at radius 2 is 2.10 bits per heavy atom. The van der Waals surface area contributed by atoms with Crippen LogP contribution in [0.25, 0.3) is 11.0 Å². The van der Waals surface area contributed by atoms with Crippen LogP contribution in [0.1, 0.15) is 26.7 Å².